The van der Waals surface area contributed by atoms with Crippen LogP contribution in [0.2, 0.25) is 0 Å². The summed E-state index contributed by atoms with van der Waals surface area (Å²) in [5.41, 5.74) is 4.82. The highest BCUT2D eigenvalue weighted by atomic mass is 16.3. The third kappa shape index (κ3) is 3.97. The lowest BCUT2D eigenvalue weighted by Gasteiger charge is -2.06. The number of pyridine rings is 1. The second-order valence-corrected chi connectivity index (χ2v) is 5.69. The molecule has 1 aliphatic carbocycles. The maximum absolute atomic E-state index is 6.09. The van der Waals surface area contributed by atoms with E-state index in [0.29, 0.717) is 0 Å². The van der Waals surface area contributed by atoms with Crippen molar-refractivity contribution in [2.45, 2.75) is 26.7 Å². The third-order valence-electron chi connectivity index (χ3n) is 3.88. The zero-order chi connectivity index (χ0) is 18.9. The zero-order valence-electron chi connectivity index (χ0n) is 16.4. The number of anilines is 1. The fraction of sp³-hybridized carbons (Fsp3) is 0.318. The number of hydrogen-bond donors (Lipinski definition) is 2. The Bertz CT molecular complexity index is 907. The van der Waals surface area contributed by atoms with E-state index in [-0.39, 0.29) is 0 Å². The number of fused-ring (bicyclic) bond motifs is 4. The molecule has 4 heteroatoms. The van der Waals surface area contributed by atoms with Crippen LogP contribution in [0.4, 0.5) is 5.69 Å². The fourth-order valence-electron chi connectivity index (χ4n) is 2.88. The number of benzene rings is 1. The monoisotopic (exact) mass is 351 g/mol. The molecule has 138 valence electrons. The Hall–Kier alpha value is -2.59. The van der Waals surface area contributed by atoms with E-state index in [1.54, 1.807) is 0 Å². The second kappa shape index (κ2) is 9.78. The van der Waals surface area contributed by atoms with Crippen molar-refractivity contribution in [3.63, 3.8) is 0 Å². The van der Waals surface area contributed by atoms with E-state index in [0.717, 1.165) is 51.9 Å². The zero-order valence-corrected chi connectivity index (χ0v) is 16.4. The van der Waals surface area contributed by atoms with Crippen LogP contribution in [0.1, 0.15) is 38.0 Å². The lowest BCUT2D eigenvalue weighted by molar-refractivity contribution is 0.604. The van der Waals surface area contributed by atoms with Gasteiger partial charge in [0, 0.05) is 18.0 Å². The topological polar surface area (TPSA) is 50.1 Å². The van der Waals surface area contributed by atoms with Gasteiger partial charge in [0.05, 0.1) is 11.2 Å². The lowest BCUT2D eigenvalue weighted by Crippen LogP contribution is -1.92. The second-order valence-electron chi connectivity index (χ2n) is 5.69. The predicted molar refractivity (Wildman–Crippen MR) is 115 cm³/mol. The standard InChI is InChI=1S/C18H16N2O.C2H7N.C2H6/c1-19-16-12-8-6-7-10-14(12)20-17-13-9-4-2-3-5-11-15(13)21-18(16)17;1-3-2;1-2/h4-11H,2-3H2,1H3,(H,19,20);3H,1-2H3;1-2H3/b9-4-,11-5-;;. The summed E-state index contributed by atoms with van der Waals surface area (Å²) >= 11 is 0. The fourth-order valence-corrected chi connectivity index (χ4v) is 2.88. The van der Waals surface area contributed by atoms with Crippen LogP contribution in [0.15, 0.2) is 40.8 Å². The van der Waals surface area contributed by atoms with Gasteiger partial charge in [0.1, 0.15) is 11.3 Å². The van der Waals surface area contributed by atoms with Crippen LogP contribution >= 0.6 is 0 Å². The number of rotatable bonds is 1. The van der Waals surface area contributed by atoms with Gasteiger partial charge >= 0.3 is 0 Å². The van der Waals surface area contributed by atoms with E-state index in [1.807, 2.05) is 53.2 Å². The van der Waals surface area contributed by atoms with Crippen molar-refractivity contribution in [2.75, 3.05) is 26.5 Å². The van der Waals surface area contributed by atoms with Crippen LogP contribution < -0.4 is 10.6 Å². The minimum absolute atomic E-state index is 0.831. The average molecular weight is 351 g/mol. The molecule has 0 atom stereocenters. The van der Waals surface area contributed by atoms with E-state index in [2.05, 4.69) is 41.0 Å². The summed E-state index contributed by atoms with van der Waals surface area (Å²) in [7, 11) is 5.67. The van der Waals surface area contributed by atoms with Gasteiger partial charge in [-0.15, -0.1) is 0 Å². The minimum Gasteiger partial charge on any atom is -0.452 e. The smallest absolute Gasteiger partial charge is 0.177 e. The van der Waals surface area contributed by atoms with Crippen LogP contribution in [-0.2, 0) is 0 Å². The van der Waals surface area contributed by atoms with Crippen molar-refractivity contribution < 1.29 is 4.42 Å². The molecule has 0 amide bonds. The Morgan fingerprint density at radius 2 is 1.62 bits per heavy atom. The van der Waals surface area contributed by atoms with E-state index in [1.165, 1.54) is 0 Å². The molecule has 4 nitrogen and oxygen atoms in total. The normalized spacial score (nSPS) is 14.8. The first kappa shape index (κ1) is 19.7. The van der Waals surface area contributed by atoms with Gasteiger partial charge in [-0.25, -0.2) is 4.98 Å². The SMILES string of the molecule is CC.CNC.CNc1c2ccccc2nc2c3c(oc12)/C=C\CC/C=C\3. The molecule has 0 saturated carbocycles. The molecule has 2 heterocycles. The van der Waals surface area contributed by atoms with Gasteiger partial charge in [-0.05, 0) is 39.1 Å². The van der Waals surface area contributed by atoms with Gasteiger partial charge in [-0.3, -0.25) is 0 Å². The van der Waals surface area contributed by atoms with Crippen molar-refractivity contribution in [3.8, 4) is 0 Å². The van der Waals surface area contributed by atoms with E-state index >= 15 is 0 Å². The summed E-state index contributed by atoms with van der Waals surface area (Å²) in [6.07, 6.45) is 10.6. The lowest BCUT2D eigenvalue weighted by atomic mass is 10.1. The van der Waals surface area contributed by atoms with Crippen LogP contribution in [0.5, 0.6) is 0 Å². The molecule has 0 radical (unpaired) electrons. The molecule has 3 aromatic rings. The van der Waals surface area contributed by atoms with E-state index in [4.69, 9.17) is 9.40 Å². The first-order valence-electron chi connectivity index (χ1n) is 9.24. The number of nitrogens with one attached hydrogen (secondary N) is 2. The van der Waals surface area contributed by atoms with Crippen molar-refractivity contribution in [2.24, 2.45) is 0 Å². The maximum Gasteiger partial charge on any atom is 0.177 e. The summed E-state index contributed by atoms with van der Waals surface area (Å²) in [5, 5.41) is 7.11. The highest BCUT2D eigenvalue weighted by Crippen LogP contribution is 2.36. The molecule has 4 rings (SSSR count). The molecule has 26 heavy (non-hydrogen) atoms. The number of aromatic nitrogens is 1. The Morgan fingerprint density at radius 1 is 0.962 bits per heavy atom. The molecule has 2 aromatic heterocycles. The molecular weight excluding hydrogens is 322 g/mol. The Labute approximate surface area is 156 Å². The van der Waals surface area contributed by atoms with Crippen molar-refractivity contribution in [1.29, 1.82) is 0 Å². The first-order valence-corrected chi connectivity index (χ1v) is 9.24. The number of furan rings is 1. The van der Waals surface area contributed by atoms with E-state index in [9.17, 15) is 0 Å². The Balaban J connectivity index is 0.000000444. The largest absolute Gasteiger partial charge is 0.452 e. The molecule has 0 bridgehead atoms. The Kier molecular flexibility index (Phi) is 7.42. The Morgan fingerprint density at radius 3 is 2.31 bits per heavy atom. The molecule has 0 saturated heterocycles. The summed E-state index contributed by atoms with van der Waals surface area (Å²) in [6, 6.07) is 8.15. The van der Waals surface area contributed by atoms with Crippen LogP contribution in [0.25, 0.3) is 34.2 Å². The maximum atomic E-state index is 6.09. The van der Waals surface area contributed by atoms with Gasteiger partial charge in [0.25, 0.3) is 0 Å². The van der Waals surface area contributed by atoms with Gasteiger partial charge in [0.2, 0.25) is 0 Å². The third-order valence-corrected chi connectivity index (χ3v) is 3.88. The average Bonchev–Trinajstić information content (AvgIpc) is 2.98. The predicted octanol–water partition coefficient (Wildman–Crippen LogP) is 5.70. The quantitative estimate of drug-likeness (QED) is 0.590. The highest BCUT2D eigenvalue weighted by Gasteiger charge is 2.17. The number of para-hydroxylation sites is 1. The molecule has 1 aromatic carbocycles. The van der Waals surface area contributed by atoms with Crippen LogP contribution in [0, 0.1) is 0 Å². The number of hydrogen-bond acceptors (Lipinski definition) is 4. The minimum atomic E-state index is 0.831. The van der Waals surface area contributed by atoms with Crippen LogP contribution in [0.3, 0.4) is 0 Å². The summed E-state index contributed by atoms with van der Waals surface area (Å²) in [6.45, 7) is 4.00. The molecule has 1 aliphatic rings. The molecule has 0 unspecified atom stereocenters. The van der Waals surface area contributed by atoms with Gasteiger partial charge in [0.15, 0.2) is 5.58 Å². The van der Waals surface area contributed by atoms with E-state index < -0.39 is 0 Å². The van der Waals surface area contributed by atoms with Crippen LogP contribution in [-0.4, -0.2) is 26.1 Å². The van der Waals surface area contributed by atoms with Crippen molar-refractivity contribution in [3.05, 3.63) is 47.7 Å². The molecule has 0 aliphatic heterocycles. The molecular formula is C22H29N3O. The van der Waals surface area contributed by atoms with Crippen molar-refractivity contribution in [1.82, 2.24) is 10.3 Å². The number of allylic oxidation sites excluding steroid dienone is 2. The summed E-state index contributed by atoms with van der Waals surface area (Å²) in [4.78, 5) is 4.81. The molecule has 0 spiro atoms. The van der Waals surface area contributed by atoms with Gasteiger partial charge in [-0.2, -0.15) is 0 Å². The van der Waals surface area contributed by atoms with Crippen molar-refractivity contribution >= 4 is 39.8 Å². The molecule has 2 N–H and O–H groups in total. The molecule has 0 fully saturated rings. The summed E-state index contributed by atoms with van der Waals surface area (Å²) < 4.78 is 6.09. The van der Waals surface area contributed by atoms with Gasteiger partial charge in [-0.1, -0.05) is 50.3 Å². The summed E-state index contributed by atoms with van der Waals surface area (Å²) in [5.74, 6) is 0.889. The van der Waals surface area contributed by atoms with Gasteiger partial charge < -0.3 is 15.1 Å². The number of nitrogens with zero attached hydrogens (tertiary/aromatic N) is 1. The first-order chi connectivity index (χ1) is 12.8. The highest BCUT2D eigenvalue weighted by molar-refractivity contribution is 6.07.